The van der Waals surface area contributed by atoms with E-state index in [1.54, 1.807) is 4.90 Å². The van der Waals surface area contributed by atoms with E-state index >= 15 is 0 Å². The fourth-order valence-corrected chi connectivity index (χ4v) is 8.96. The third-order valence-corrected chi connectivity index (χ3v) is 13.4. The second-order valence-electron chi connectivity index (χ2n) is 19.5. The van der Waals surface area contributed by atoms with Crippen LogP contribution in [0, 0.1) is 0 Å². The van der Waals surface area contributed by atoms with E-state index in [-0.39, 0.29) is 56.9 Å². The minimum absolute atomic E-state index is 0.180. The van der Waals surface area contributed by atoms with Crippen LogP contribution in [0.2, 0.25) is 0 Å². The van der Waals surface area contributed by atoms with E-state index in [0.717, 1.165) is 71.1 Å². The van der Waals surface area contributed by atoms with E-state index in [2.05, 4.69) is 37.6 Å². The molecule has 1 amide bonds. The number of unbranched alkanes of at least 4 members (excludes halogenated alkanes) is 24. The van der Waals surface area contributed by atoms with Crippen molar-refractivity contribution in [1.82, 2.24) is 14.7 Å². The van der Waals surface area contributed by atoms with E-state index in [1.807, 2.05) is 0 Å². The topological polar surface area (TPSA) is 124 Å². The van der Waals surface area contributed by atoms with Crippen LogP contribution in [0.15, 0.2) is 0 Å². The molecule has 0 spiro atoms. The molecule has 0 bridgehead atoms. The van der Waals surface area contributed by atoms with Gasteiger partial charge >= 0.3 is 17.9 Å². The van der Waals surface area contributed by atoms with Crippen LogP contribution in [0.5, 0.6) is 0 Å². The van der Waals surface area contributed by atoms with Crippen LogP contribution in [0.25, 0.3) is 0 Å². The molecule has 2 aliphatic heterocycles. The standard InChI is InChI=1S/C54H101N3O9/c1-5-8-11-14-15-16-17-18-19-20-21-22-23-24-25-28-34-52(60)66-48-46-49(54(61)65-45-41-56-39-37-55(4)38-40-56)57(47-48)50(58)33-29-32-42-62-51(59)35-36-53(63-43-30-26-12-9-6-2)64-44-31-27-13-10-7-3/h48-49,53H,5-47H2,1-4H3. The number of amides is 1. The number of piperazine rings is 1. The largest absolute Gasteiger partial charge is 0.466 e. The highest BCUT2D eigenvalue weighted by molar-refractivity contribution is 5.85. The molecule has 0 aliphatic carbocycles. The number of rotatable bonds is 44. The van der Waals surface area contributed by atoms with Gasteiger partial charge in [-0.15, -0.1) is 0 Å². The average molecular weight is 936 g/mol. The maximum Gasteiger partial charge on any atom is 0.329 e. The molecule has 0 N–H and O–H groups in total. The van der Waals surface area contributed by atoms with Crippen LogP contribution in [0.4, 0.5) is 0 Å². The van der Waals surface area contributed by atoms with Crippen LogP contribution in [-0.2, 0) is 42.9 Å². The molecule has 12 heteroatoms. The zero-order valence-electron chi connectivity index (χ0n) is 43.2. The first-order chi connectivity index (χ1) is 32.3. The lowest BCUT2D eigenvalue weighted by Crippen LogP contribution is -2.46. The summed E-state index contributed by atoms with van der Waals surface area (Å²) < 4.78 is 29.2. The second kappa shape index (κ2) is 41.7. The summed E-state index contributed by atoms with van der Waals surface area (Å²) in [6, 6.07) is -0.791. The maximum atomic E-state index is 13.6. The maximum absolute atomic E-state index is 13.6. The van der Waals surface area contributed by atoms with E-state index in [0.29, 0.717) is 45.4 Å². The Kier molecular flexibility index (Phi) is 37.8. The fourth-order valence-electron chi connectivity index (χ4n) is 8.96. The molecule has 12 nitrogen and oxygen atoms in total. The average Bonchev–Trinajstić information content (AvgIpc) is 3.74. The second-order valence-corrected chi connectivity index (χ2v) is 19.5. The number of likely N-dealkylation sites (tertiary alicyclic amines) is 1. The predicted octanol–water partition coefficient (Wildman–Crippen LogP) is 11.7. The number of carbonyl (C=O) groups is 4. The van der Waals surface area contributed by atoms with Gasteiger partial charge in [-0.3, -0.25) is 19.3 Å². The summed E-state index contributed by atoms with van der Waals surface area (Å²) in [4.78, 5) is 58.8. The molecule has 2 saturated heterocycles. The van der Waals surface area contributed by atoms with Crippen LogP contribution in [0.1, 0.15) is 233 Å². The Morgan fingerprint density at radius 2 is 0.970 bits per heavy atom. The Morgan fingerprint density at radius 1 is 0.500 bits per heavy atom. The van der Waals surface area contributed by atoms with Gasteiger partial charge in [-0.05, 0) is 39.2 Å². The molecular formula is C54H101N3O9. The van der Waals surface area contributed by atoms with E-state index in [9.17, 15) is 19.2 Å². The van der Waals surface area contributed by atoms with Gasteiger partial charge in [0.25, 0.3) is 0 Å². The lowest BCUT2D eigenvalue weighted by molar-refractivity contribution is -0.159. The number of esters is 3. The number of carbonyl (C=O) groups excluding carboxylic acids is 4. The highest BCUT2D eigenvalue weighted by Crippen LogP contribution is 2.25. The first-order valence-corrected chi connectivity index (χ1v) is 27.7. The van der Waals surface area contributed by atoms with Crippen LogP contribution < -0.4 is 0 Å². The minimum Gasteiger partial charge on any atom is -0.466 e. The van der Waals surface area contributed by atoms with Crippen molar-refractivity contribution in [3.8, 4) is 0 Å². The Hall–Kier alpha value is -2.28. The zero-order valence-corrected chi connectivity index (χ0v) is 43.2. The lowest BCUT2D eigenvalue weighted by Gasteiger charge is -2.32. The van der Waals surface area contributed by atoms with Crippen LogP contribution >= 0.6 is 0 Å². The molecule has 0 aromatic rings. The molecule has 2 heterocycles. The smallest absolute Gasteiger partial charge is 0.329 e. The van der Waals surface area contributed by atoms with Gasteiger partial charge < -0.3 is 33.5 Å². The normalized spacial score (nSPS) is 16.9. The molecule has 0 radical (unpaired) electrons. The summed E-state index contributed by atoms with van der Waals surface area (Å²) in [7, 11) is 2.11. The van der Waals surface area contributed by atoms with Gasteiger partial charge in [-0.25, -0.2) is 4.79 Å². The Morgan fingerprint density at radius 3 is 1.50 bits per heavy atom. The summed E-state index contributed by atoms with van der Waals surface area (Å²) in [6.45, 7) is 13.1. The van der Waals surface area contributed by atoms with Gasteiger partial charge in [0.2, 0.25) is 5.91 Å². The molecule has 0 saturated carbocycles. The molecule has 386 valence electrons. The van der Waals surface area contributed by atoms with Crippen molar-refractivity contribution >= 4 is 23.8 Å². The van der Waals surface area contributed by atoms with Crippen molar-refractivity contribution < 1.29 is 42.9 Å². The van der Waals surface area contributed by atoms with E-state index in [1.165, 1.54) is 122 Å². The first-order valence-electron chi connectivity index (χ1n) is 27.7. The fraction of sp³-hybridized carbons (Fsp3) is 0.926. The van der Waals surface area contributed by atoms with Crippen molar-refractivity contribution in [2.75, 3.05) is 72.7 Å². The van der Waals surface area contributed by atoms with Crippen molar-refractivity contribution in [2.45, 2.75) is 251 Å². The summed E-state index contributed by atoms with van der Waals surface area (Å²) in [5.41, 5.74) is 0. The SMILES string of the molecule is CCCCCCCCCCCCCCCCCCC(=O)OC1CC(C(=O)OCCN2CCN(C)CC2)N(C(=O)CCCCOC(=O)CCC(OCCCCCCC)OCCCCCCC)C1. The number of nitrogens with zero attached hydrogens (tertiary/aromatic N) is 3. The van der Waals surface area contributed by atoms with Crippen molar-refractivity contribution in [3.63, 3.8) is 0 Å². The summed E-state index contributed by atoms with van der Waals surface area (Å²) in [5, 5.41) is 0. The lowest BCUT2D eigenvalue weighted by atomic mass is 10.0. The van der Waals surface area contributed by atoms with Gasteiger partial charge in [-0.1, -0.05) is 168 Å². The monoisotopic (exact) mass is 936 g/mol. The third-order valence-electron chi connectivity index (χ3n) is 13.4. The van der Waals surface area contributed by atoms with Crippen LogP contribution in [0.3, 0.4) is 0 Å². The van der Waals surface area contributed by atoms with Gasteiger partial charge in [-0.2, -0.15) is 0 Å². The molecule has 2 aliphatic rings. The molecule has 66 heavy (non-hydrogen) atoms. The number of hydrogen-bond acceptors (Lipinski definition) is 11. The minimum atomic E-state index is -0.791. The van der Waals surface area contributed by atoms with E-state index in [4.69, 9.17) is 23.7 Å². The summed E-state index contributed by atoms with van der Waals surface area (Å²) in [6.07, 6.45) is 33.4. The number of hydrogen-bond donors (Lipinski definition) is 0. The summed E-state index contributed by atoms with van der Waals surface area (Å²) >= 11 is 0. The molecule has 0 aromatic heterocycles. The van der Waals surface area contributed by atoms with E-state index < -0.39 is 24.4 Å². The summed E-state index contributed by atoms with van der Waals surface area (Å²) in [5.74, 6) is -1.19. The number of likely N-dealkylation sites (N-methyl/N-ethyl adjacent to an activating group) is 1. The molecule has 2 fully saturated rings. The number of ether oxygens (including phenoxy) is 5. The quantitative estimate of drug-likeness (QED) is 0.0251. The van der Waals surface area contributed by atoms with Crippen molar-refractivity contribution in [3.05, 3.63) is 0 Å². The zero-order chi connectivity index (χ0) is 47.7. The molecule has 2 rings (SSSR count). The van der Waals surface area contributed by atoms with Crippen LogP contribution in [-0.4, -0.2) is 130 Å². The molecule has 2 unspecified atom stereocenters. The highest BCUT2D eigenvalue weighted by atomic mass is 16.7. The van der Waals surface area contributed by atoms with Gasteiger partial charge in [0.15, 0.2) is 6.29 Å². The van der Waals surface area contributed by atoms with Gasteiger partial charge in [0.05, 0.1) is 19.6 Å². The van der Waals surface area contributed by atoms with Gasteiger partial charge in [0.1, 0.15) is 18.8 Å². The first kappa shape index (κ1) is 59.8. The molecule has 0 aromatic carbocycles. The Balaban J connectivity index is 1.72. The van der Waals surface area contributed by atoms with Crippen molar-refractivity contribution in [1.29, 1.82) is 0 Å². The Bertz CT molecular complexity index is 1180. The van der Waals surface area contributed by atoms with Crippen molar-refractivity contribution in [2.24, 2.45) is 0 Å². The molecular weight excluding hydrogens is 835 g/mol. The van der Waals surface area contributed by atoms with Gasteiger partial charge in [0, 0.05) is 71.6 Å². The Labute approximate surface area is 404 Å². The third kappa shape index (κ3) is 31.7. The highest BCUT2D eigenvalue weighted by Gasteiger charge is 2.42. The molecule has 2 atom stereocenters. The predicted molar refractivity (Wildman–Crippen MR) is 266 cm³/mol.